The second-order valence-corrected chi connectivity index (χ2v) is 2.86. The van der Waals surface area contributed by atoms with Gasteiger partial charge < -0.3 is 14.6 Å². The van der Waals surface area contributed by atoms with E-state index in [-0.39, 0.29) is 0 Å². The first-order valence-corrected chi connectivity index (χ1v) is 4.10. The summed E-state index contributed by atoms with van der Waals surface area (Å²) in [6.07, 6.45) is 0.926. The Bertz CT molecular complexity index is 270. The van der Waals surface area contributed by atoms with Crippen LogP contribution in [0.2, 0.25) is 0 Å². The van der Waals surface area contributed by atoms with E-state index >= 15 is 0 Å². The molecule has 66 valence electrons. The standard InChI is InChI=1S/C8H12N2O2/c1-9-4-7-6-2-3-11-5-8(6)12-10-7/h9H,2-5H2,1H3. The van der Waals surface area contributed by atoms with Crippen LogP contribution in [0.5, 0.6) is 0 Å². The van der Waals surface area contributed by atoms with Gasteiger partial charge in [-0.1, -0.05) is 5.16 Å². The fraction of sp³-hybridized carbons (Fsp3) is 0.625. The molecule has 0 aromatic carbocycles. The first-order valence-electron chi connectivity index (χ1n) is 4.10. The lowest BCUT2D eigenvalue weighted by atomic mass is 10.1. The van der Waals surface area contributed by atoms with E-state index in [4.69, 9.17) is 9.26 Å². The van der Waals surface area contributed by atoms with Gasteiger partial charge in [0.05, 0.1) is 6.61 Å². The van der Waals surface area contributed by atoms with Gasteiger partial charge >= 0.3 is 0 Å². The maximum absolute atomic E-state index is 5.23. The van der Waals surface area contributed by atoms with Gasteiger partial charge in [-0.15, -0.1) is 0 Å². The van der Waals surface area contributed by atoms with Gasteiger partial charge in [-0.05, 0) is 7.05 Å². The number of hydrogen-bond acceptors (Lipinski definition) is 4. The maximum Gasteiger partial charge on any atom is 0.165 e. The van der Waals surface area contributed by atoms with Crippen molar-refractivity contribution in [2.24, 2.45) is 0 Å². The van der Waals surface area contributed by atoms with Crippen molar-refractivity contribution in [2.45, 2.75) is 19.6 Å². The Hall–Kier alpha value is -0.870. The number of ether oxygens (including phenoxy) is 1. The van der Waals surface area contributed by atoms with Crippen molar-refractivity contribution in [1.29, 1.82) is 0 Å². The summed E-state index contributed by atoms with van der Waals surface area (Å²) in [5.41, 5.74) is 2.26. The molecule has 0 unspecified atom stereocenters. The van der Waals surface area contributed by atoms with Crippen molar-refractivity contribution < 1.29 is 9.26 Å². The van der Waals surface area contributed by atoms with Gasteiger partial charge in [0.2, 0.25) is 0 Å². The van der Waals surface area contributed by atoms with Gasteiger partial charge in [-0.25, -0.2) is 0 Å². The molecule has 0 bridgehead atoms. The van der Waals surface area contributed by atoms with Gasteiger partial charge in [0.15, 0.2) is 5.76 Å². The smallest absolute Gasteiger partial charge is 0.165 e. The van der Waals surface area contributed by atoms with E-state index in [9.17, 15) is 0 Å². The van der Waals surface area contributed by atoms with E-state index in [1.54, 1.807) is 0 Å². The summed E-state index contributed by atoms with van der Waals surface area (Å²) >= 11 is 0. The van der Waals surface area contributed by atoms with Crippen molar-refractivity contribution in [2.75, 3.05) is 13.7 Å². The lowest BCUT2D eigenvalue weighted by Crippen LogP contribution is -2.12. The van der Waals surface area contributed by atoms with Gasteiger partial charge in [-0.2, -0.15) is 0 Å². The fourth-order valence-corrected chi connectivity index (χ4v) is 1.42. The predicted molar refractivity (Wildman–Crippen MR) is 42.6 cm³/mol. The number of nitrogens with zero attached hydrogens (tertiary/aromatic N) is 1. The lowest BCUT2D eigenvalue weighted by Gasteiger charge is -2.09. The highest BCUT2D eigenvalue weighted by Gasteiger charge is 2.18. The van der Waals surface area contributed by atoms with E-state index in [1.807, 2.05) is 7.05 Å². The molecule has 1 aliphatic rings. The van der Waals surface area contributed by atoms with E-state index in [0.29, 0.717) is 6.61 Å². The largest absolute Gasteiger partial charge is 0.373 e. The molecule has 0 atom stereocenters. The third-order valence-electron chi connectivity index (χ3n) is 2.02. The van der Waals surface area contributed by atoms with Crippen molar-refractivity contribution in [3.8, 4) is 0 Å². The molecule has 1 aromatic heterocycles. The summed E-state index contributed by atoms with van der Waals surface area (Å²) in [6.45, 7) is 2.13. The van der Waals surface area contributed by atoms with E-state index < -0.39 is 0 Å². The van der Waals surface area contributed by atoms with Gasteiger partial charge in [0.1, 0.15) is 12.3 Å². The number of rotatable bonds is 2. The first kappa shape index (κ1) is 7.76. The van der Waals surface area contributed by atoms with E-state index in [0.717, 1.165) is 31.0 Å². The van der Waals surface area contributed by atoms with Crippen LogP contribution in [0.3, 0.4) is 0 Å². The zero-order valence-corrected chi connectivity index (χ0v) is 7.09. The minimum atomic E-state index is 0.575. The van der Waals surface area contributed by atoms with Gasteiger partial charge in [-0.3, -0.25) is 0 Å². The summed E-state index contributed by atoms with van der Waals surface area (Å²) in [4.78, 5) is 0. The molecule has 0 radical (unpaired) electrons. The Morgan fingerprint density at radius 2 is 2.50 bits per heavy atom. The molecule has 0 saturated heterocycles. The van der Waals surface area contributed by atoms with Crippen LogP contribution in [0.25, 0.3) is 0 Å². The third-order valence-corrected chi connectivity index (χ3v) is 2.02. The molecule has 0 aliphatic carbocycles. The van der Waals surface area contributed by atoms with Crippen LogP contribution in [0.1, 0.15) is 17.0 Å². The fourth-order valence-electron chi connectivity index (χ4n) is 1.42. The summed E-state index contributed by atoms with van der Waals surface area (Å²) in [6, 6.07) is 0. The van der Waals surface area contributed by atoms with E-state index in [2.05, 4.69) is 10.5 Å². The molecule has 1 N–H and O–H groups in total. The molecule has 2 rings (SSSR count). The summed E-state index contributed by atoms with van der Waals surface area (Å²) < 4.78 is 10.4. The maximum atomic E-state index is 5.23. The highest BCUT2D eigenvalue weighted by atomic mass is 16.5. The Labute approximate surface area is 70.9 Å². The molecule has 0 spiro atoms. The van der Waals surface area contributed by atoms with Crippen LogP contribution in [0.15, 0.2) is 4.52 Å². The molecule has 0 saturated carbocycles. The number of nitrogens with one attached hydrogen (secondary N) is 1. The summed E-state index contributed by atoms with van der Waals surface area (Å²) in [5.74, 6) is 0.895. The molecule has 2 heterocycles. The SMILES string of the molecule is CNCc1noc2c1CCOC2. The van der Waals surface area contributed by atoms with Gasteiger partial charge in [0, 0.05) is 18.5 Å². The molecular formula is C8H12N2O2. The zero-order chi connectivity index (χ0) is 8.39. The quantitative estimate of drug-likeness (QED) is 0.697. The number of hydrogen-bond donors (Lipinski definition) is 1. The molecule has 1 aromatic rings. The molecule has 0 amide bonds. The van der Waals surface area contributed by atoms with Crippen LogP contribution in [0.4, 0.5) is 0 Å². The van der Waals surface area contributed by atoms with E-state index in [1.165, 1.54) is 5.56 Å². The molecule has 0 fully saturated rings. The molecule has 1 aliphatic heterocycles. The van der Waals surface area contributed by atoms with Crippen LogP contribution >= 0.6 is 0 Å². The Morgan fingerprint density at radius 3 is 3.33 bits per heavy atom. The number of fused-ring (bicyclic) bond motifs is 1. The first-order chi connectivity index (χ1) is 5.92. The Kier molecular flexibility index (Phi) is 2.10. The average Bonchev–Trinajstić information content (AvgIpc) is 2.50. The Balaban J connectivity index is 2.25. The second-order valence-electron chi connectivity index (χ2n) is 2.86. The predicted octanol–water partition coefficient (Wildman–Crippen LogP) is 0.467. The van der Waals surface area contributed by atoms with Crippen LogP contribution in [-0.2, 0) is 24.3 Å². The average molecular weight is 168 g/mol. The molecule has 4 heteroatoms. The summed E-state index contributed by atoms with van der Waals surface area (Å²) in [5, 5.41) is 7.03. The van der Waals surface area contributed by atoms with Crippen LogP contribution in [-0.4, -0.2) is 18.8 Å². The van der Waals surface area contributed by atoms with Crippen molar-refractivity contribution in [3.63, 3.8) is 0 Å². The zero-order valence-electron chi connectivity index (χ0n) is 7.09. The van der Waals surface area contributed by atoms with Gasteiger partial charge in [0.25, 0.3) is 0 Å². The second kappa shape index (κ2) is 3.25. The monoisotopic (exact) mass is 168 g/mol. The van der Waals surface area contributed by atoms with Crippen molar-refractivity contribution in [3.05, 3.63) is 17.0 Å². The highest BCUT2D eigenvalue weighted by Crippen LogP contribution is 2.19. The third kappa shape index (κ3) is 1.23. The molecule has 12 heavy (non-hydrogen) atoms. The minimum Gasteiger partial charge on any atom is -0.373 e. The Morgan fingerprint density at radius 1 is 1.58 bits per heavy atom. The lowest BCUT2D eigenvalue weighted by molar-refractivity contribution is 0.0894. The van der Waals surface area contributed by atoms with Crippen LogP contribution in [0, 0.1) is 0 Å². The minimum absolute atomic E-state index is 0.575. The molecule has 4 nitrogen and oxygen atoms in total. The summed E-state index contributed by atoms with van der Waals surface area (Å²) in [7, 11) is 1.90. The van der Waals surface area contributed by atoms with Crippen LogP contribution < -0.4 is 5.32 Å². The normalized spacial score (nSPS) is 16.1. The highest BCUT2D eigenvalue weighted by molar-refractivity contribution is 5.24. The number of aromatic nitrogens is 1. The van der Waals surface area contributed by atoms with Crippen molar-refractivity contribution >= 4 is 0 Å². The van der Waals surface area contributed by atoms with Crippen molar-refractivity contribution in [1.82, 2.24) is 10.5 Å². The molecular weight excluding hydrogens is 156 g/mol. The topological polar surface area (TPSA) is 47.3 Å².